The highest BCUT2D eigenvalue weighted by molar-refractivity contribution is 9.11. The predicted molar refractivity (Wildman–Crippen MR) is 124 cm³/mol. The second-order valence-electron chi connectivity index (χ2n) is 6.33. The summed E-state index contributed by atoms with van der Waals surface area (Å²) in [6, 6.07) is 19.9. The molecule has 0 heterocycles. The van der Waals surface area contributed by atoms with Crippen LogP contribution in [0.25, 0.3) is 0 Å². The predicted octanol–water partition coefficient (Wildman–Crippen LogP) is 7.43. The molecule has 1 N–H and O–H groups in total. The zero-order valence-electron chi connectivity index (χ0n) is 15.0. The number of ether oxygens (including phenoxy) is 1. The van der Waals surface area contributed by atoms with Crippen molar-refractivity contribution in [1.29, 1.82) is 0 Å². The van der Waals surface area contributed by atoms with E-state index in [0.717, 1.165) is 50.9 Å². The average molecular weight is 544 g/mol. The van der Waals surface area contributed by atoms with Crippen molar-refractivity contribution < 1.29 is 4.74 Å². The molecule has 28 heavy (non-hydrogen) atoms. The van der Waals surface area contributed by atoms with E-state index in [0.29, 0.717) is 16.7 Å². The van der Waals surface area contributed by atoms with Crippen molar-refractivity contribution in [2.75, 3.05) is 6.54 Å². The molecule has 0 aliphatic carbocycles. The lowest BCUT2D eigenvalue weighted by atomic mass is 10.1. The Morgan fingerprint density at radius 3 is 2.25 bits per heavy atom. The molecule has 0 spiro atoms. The molecule has 0 aromatic heterocycles. The number of hydrogen-bond acceptors (Lipinski definition) is 2. The van der Waals surface area contributed by atoms with Crippen LogP contribution in [0.2, 0.25) is 10.0 Å². The van der Waals surface area contributed by atoms with Gasteiger partial charge in [0.1, 0.15) is 12.4 Å². The summed E-state index contributed by atoms with van der Waals surface area (Å²) in [5.41, 5.74) is 3.38. The van der Waals surface area contributed by atoms with Crippen LogP contribution in [0.15, 0.2) is 69.6 Å². The third-order valence-electron chi connectivity index (χ3n) is 4.20. The molecule has 146 valence electrons. The Morgan fingerprint density at radius 2 is 1.57 bits per heavy atom. The molecule has 3 aromatic carbocycles. The highest BCUT2D eigenvalue weighted by atomic mass is 79.9. The van der Waals surface area contributed by atoms with Crippen molar-refractivity contribution in [3.63, 3.8) is 0 Å². The first kappa shape index (κ1) is 21.7. The molecule has 0 bridgehead atoms. The number of halogens is 4. The highest BCUT2D eigenvalue weighted by Gasteiger charge is 2.10. The zero-order valence-corrected chi connectivity index (χ0v) is 19.7. The molecule has 3 aromatic rings. The van der Waals surface area contributed by atoms with Crippen LogP contribution in [0.1, 0.15) is 16.7 Å². The second kappa shape index (κ2) is 10.7. The van der Waals surface area contributed by atoms with Gasteiger partial charge in [-0.15, -0.1) is 0 Å². The van der Waals surface area contributed by atoms with Crippen molar-refractivity contribution in [2.24, 2.45) is 0 Å². The fraction of sp³-hybridized carbons (Fsp3) is 0.182. The van der Waals surface area contributed by atoms with Gasteiger partial charge in [0, 0.05) is 16.6 Å². The van der Waals surface area contributed by atoms with E-state index in [-0.39, 0.29) is 0 Å². The lowest BCUT2D eigenvalue weighted by molar-refractivity contribution is 0.302. The topological polar surface area (TPSA) is 21.3 Å². The van der Waals surface area contributed by atoms with Gasteiger partial charge < -0.3 is 10.1 Å². The number of rotatable bonds is 8. The Kier molecular flexibility index (Phi) is 8.24. The van der Waals surface area contributed by atoms with E-state index in [1.807, 2.05) is 42.5 Å². The van der Waals surface area contributed by atoms with Gasteiger partial charge in [0.05, 0.1) is 8.95 Å². The molecular formula is C22H19Br2Cl2NO. The quantitative estimate of drug-likeness (QED) is 0.298. The minimum Gasteiger partial charge on any atom is -0.487 e. The van der Waals surface area contributed by atoms with Gasteiger partial charge in [0.15, 0.2) is 0 Å². The van der Waals surface area contributed by atoms with E-state index in [9.17, 15) is 0 Å². The standard InChI is InChI=1S/C22H19Br2Cl2NO/c23-19-10-16(13-27-9-8-17-6-7-18(25)12-21(17)26)11-20(24)22(19)28-14-15-4-2-1-3-5-15/h1-7,10-12,27H,8-9,13-14H2. The molecular weight excluding hydrogens is 525 g/mol. The molecule has 0 unspecified atom stereocenters. The Balaban J connectivity index is 1.53. The van der Waals surface area contributed by atoms with Crippen molar-refractivity contribution in [3.05, 3.63) is 96.3 Å². The molecule has 0 radical (unpaired) electrons. The van der Waals surface area contributed by atoms with E-state index in [1.54, 1.807) is 6.07 Å². The summed E-state index contributed by atoms with van der Waals surface area (Å²) in [6.07, 6.45) is 0.844. The van der Waals surface area contributed by atoms with Crippen LogP contribution in [-0.2, 0) is 19.6 Å². The van der Waals surface area contributed by atoms with Crippen LogP contribution in [0.3, 0.4) is 0 Å². The summed E-state index contributed by atoms with van der Waals surface area (Å²) in [6.45, 7) is 2.10. The second-order valence-corrected chi connectivity index (χ2v) is 8.88. The molecule has 3 rings (SSSR count). The summed E-state index contributed by atoms with van der Waals surface area (Å²) in [4.78, 5) is 0. The molecule has 0 aliphatic heterocycles. The van der Waals surface area contributed by atoms with Gasteiger partial charge in [0.2, 0.25) is 0 Å². The molecule has 6 heteroatoms. The summed E-state index contributed by atoms with van der Waals surface area (Å²) < 4.78 is 7.83. The highest BCUT2D eigenvalue weighted by Crippen LogP contribution is 2.35. The summed E-state index contributed by atoms with van der Waals surface area (Å²) in [5.74, 6) is 0.806. The van der Waals surface area contributed by atoms with Gasteiger partial charge in [0.25, 0.3) is 0 Å². The molecule has 0 amide bonds. The van der Waals surface area contributed by atoms with Crippen molar-refractivity contribution in [2.45, 2.75) is 19.6 Å². The zero-order chi connectivity index (χ0) is 19.9. The maximum Gasteiger partial charge on any atom is 0.148 e. The van der Waals surface area contributed by atoms with Crippen LogP contribution in [0.4, 0.5) is 0 Å². The van der Waals surface area contributed by atoms with Gasteiger partial charge in [-0.05, 0) is 85.8 Å². The van der Waals surface area contributed by atoms with E-state index in [1.165, 1.54) is 0 Å². The minimum absolute atomic E-state index is 0.525. The smallest absolute Gasteiger partial charge is 0.148 e. The third-order valence-corrected chi connectivity index (χ3v) is 5.96. The van der Waals surface area contributed by atoms with Gasteiger partial charge in [-0.2, -0.15) is 0 Å². The van der Waals surface area contributed by atoms with Crippen molar-refractivity contribution >= 4 is 55.1 Å². The maximum absolute atomic E-state index is 6.22. The third kappa shape index (κ3) is 6.23. The van der Waals surface area contributed by atoms with Crippen molar-refractivity contribution in [1.82, 2.24) is 5.32 Å². The van der Waals surface area contributed by atoms with Gasteiger partial charge in [-0.3, -0.25) is 0 Å². The van der Waals surface area contributed by atoms with E-state index >= 15 is 0 Å². The Morgan fingerprint density at radius 1 is 0.857 bits per heavy atom. The lowest BCUT2D eigenvalue weighted by Gasteiger charge is -2.13. The van der Waals surface area contributed by atoms with E-state index in [4.69, 9.17) is 27.9 Å². The van der Waals surface area contributed by atoms with E-state index < -0.39 is 0 Å². The molecule has 0 saturated carbocycles. The first-order valence-electron chi connectivity index (χ1n) is 8.82. The molecule has 0 fully saturated rings. The van der Waals surface area contributed by atoms with Crippen LogP contribution in [0, 0.1) is 0 Å². The van der Waals surface area contributed by atoms with Crippen LogP contribution < -0.4 is 10.1 Å². The normalized spacial score (nSPS) is 10.9. The molecule has 0 aliphatic rings. The Bertz CT molecular complexity index is 912. The van der Waals surface area contributed by atoms with Gasteiger partial charge in [-0.25, -0.2) is 0 Å². The summed E-state index contributed by atoms with van der Waals surface area (Å²) in [7, 11) is 0. The Hall–Kier alpha value is -1.04. The average Bonchev–Trinajstić information content (AvgIpc) is 2.67. The van der Waals surface area contributed by atoms with Crippen LogP contribution >= 0.6 is 55.1 Å². The van der Waals surface area contributed by atoms with Gasteiger partial charge in [-0.1, -0.05) is 59.6 Å². The monoisotopic (exact) mass is 541 g/mol. The van der Waals surface area contributed by atoms with Crippen LogP contribution in [0.5, 0.6) is 5.75 Å². The Labute approximate surface area is 192 Å². The summed E-state index contributed by atoms with van der Waals surface area (Å²) in [5, 5.41) is 4.82. The van der Waals surface area contributed by atoms with Crippen LogP contribution in [-0.4, -0.2) is 6.54 Å². The number of nitrogens with one attached hydrogen (secondary N) is 1. The largest absolute Gasteiger partial charge is 0.487 e. The summed E-state index contributed by atoms with van der Waals surface area (Å²) >= 11 is 19.4. The first-order valence-corrected chi connectivity index (χ1v) is 11.2. The number of hydrogen-bond donors (Lipinski definition) is 1. The SMILES string of the molecule is Clc1ccc(CCNCc2cc(Br)c(OCc3ccccc3)c(Br)c2)c(Cl)c1. The molecule has 0 atom stereocenters. The van der Waals surface area contributed by atoms with Crippen molar-refractivity contribution in [3.8, 4) is 5.75 Å². The lowest BCUT2D eigenvalue weighted by Crippen LogP contribution is -2.17. The maximum atomic E-state index is 6.22. The molecule has 2 nitrogen and oxygen atoms in total. The van der Waals surface area contributed by atoms with E-state index in [2.05, 4.69) is 49.3 Å². The number of benzene rings is 3. The minimum atomic E-state index is 0.525. The fourth-order valence-corrected chi connectivity index (χ4v) is 4.78. The molecule has 0 saturated heterocycles. The fourth-order valence-electron chi connectivity index (χ4n) is 2.76. The first-order chi connectivity index (χ1) is 13.5. The van der Waals surface area contributed by atoms with Gasteiger partial charge >= 0.3 is 0 Å².